The molecule has 1 atom stereocenters. The molecule has 1 fully saturated rings. The first-order chi connectivity index (χ1) is 9.91. The van der Waals surface area contributed by atoms with Crippen molar-refractivity contribution in [2.75, 3.05) is 6.54 Å². The lowest BCUT2D eigenvalue weighted by Crippen LogP contribution is -2.43. The van der Waals surface area contributed by atoms with Gasteiger partial charge in [0.1, 0.15) is 6.04 Å². The summed E-state index contributed by atoms with van der Waals surface area (Å²) in [6.07, 6.45) is -1.39. The highest BCUT2D eigenvalue weighted by Crippen LogP contribution is 2.37. The Bertz CT molecular complexity index is 485. The van der Waals surface area contributed by atoms with E-state index in [4.69, 9.17) is 0 Å². The van der Waals surface area contributed by atoms with E-state index in [2.05, 4.69) is 12.3 Å². The molecule has 6 heteroatoms. The van der Waals surface area contributed by atoms with E-state index < -0.39 is 12.2 Å². The average Bonchev–Trinajstić information content (AvgIpc) is 2.82. The number of amides is 1. The molecule has 0 bridgehead atoms. The number of halogens is 3. The van der Waals surface area contributed by atoms with Crippen LogP contribution in [0.2, 0.25) is 0 Å². The third-order valence-corrected chi connectivity index (χ3v) is 3.58. The molecule has 0 saturated carbocycles. The lowest BCUT2D eigenvalue weighted by molar-refractivity contribution is -0.191. The molecule has 21 heavy (non-hydrogen) atoms. The third-order valence-electron chi connectivity index (χ3n) is 3.58. The van der Waals surface area contributed by atoms with E-state index in [1.54, 1.807) is 12.1 Å². The first-order valence-corrected chi connectivity index (χ1v) is 7.13. The van der Waals surface area contributed by atoms with Crippen LogP contribution in [0.4, 0.5) is 13.2 Å². The SMILES string of the molecule is CCCCc1ccc([C@H](N2CCC(=O)N2)C(F)(F)F)cc1. The molecule has 1 aromatic carbocycles. The highest BCUT2D eigenvalue weighted by Gasteiger charge is 2.46. The molecule has 1 N–H and O–H groups in total. The van der Waals surface area contributed by atoms with E-state index in [-0.39, 0.29) is 24.4 Å². The summed E-state index contributed by atoms with van der Waals surface area (Å²) in [5.74, 6) is -0.371. The van der Waals surface area contributed by atoms with Crippen LogP contribution in [0.1, 0.15) is 43.4 Å². The molecule has 1 heterocycles. The summed E-state index contributed by atoms with van der Waals surface area (Å²) in [4.78, 5) is 11.2. The zero-order chi connectivity index (χ0) is 15.5. The van der Waals surface area contributed by atoms with Gasteiger partial charge in [-0.1, -0.05) is 37.6 Å². The normalized spacial score (nSPS) is 17.8. The van der Waals surface area contributed by atoms with E-state index in [0.29, 0.717) is 0 Å². The highest BCUT2D eigenvalue weighted by atomic mass is 19.4. The Labute approximate surface area is 122 Å². The molecule has 1 saturated heterocycles. The topological polar surface area (TPSA) is 32.3 Å². The molecule has 0 unspecified atom stereocenters. The molecule has 0 aromatic heterocycles. The van der Waals surface area contributed by atoms with Gasteiger partial charge in [-0.05, 0) is 24.0 Å². The number of hydrazine groups is 1. The van der Waals surface area contributed by atoms with E-state index in [0.717, 1.165) is 29.8 Å². The summed E-state index contributed by atoms with van der Waals surface area (Å²) in [7, 11) is 0. The van der Waals surface area contributed by atoms with Gasteiger partial charge in [0.05, 0.1) is 0 Å². The number of nitrogens with zero attached hydrogens (tertiary/aromatic N) is 1. The number of hydrogen-bond acceptors (Lipinski definition) is 2. The highest BCUT2D eigenvalue weighted by molar-refractivity contribution is 5.77. The number of carbonyl (C=O) groups is 1. The molecule has 0 radical (unpaired) electrons. The maximum absolute atomic E-state index is 13.3. The predicted molar refractivity (Wildman–Crippen MR) is 73.3 cm³/mol. The second kappa shape index (κ2) is 6.47. The molecule has 0 spiro atoms. The third kappa shape index (κ3) is 3.97. The number of benzene rings is 1. The van der Waals surface area contributed by atoms with Gasteiger partial charge >= 0.3 is 6.18 Å². The molecule has 0 aliphatic carbocycles. The Morgan fingerprint density at radius 3 is 2.43 bits per heavy atom. The van der Waals surface area contributed by atoms with Gasteiger partial charge in [0, 0.05) is 13.0 Å². The zero-order valence-corrected chi connectivity index (χ0v) is 11.9. The largest absolute Gasteiger partial charge is 0.409 e. The summed E-state index contributed by atoms with van der Waals surface area (Å²) < 4.78 is 39.9. The number of hydrogen-bond donors (Lipinski definition) is 1. The van der Waals surface area contributed by atoms with Crippen molar-refractivity contribution in [2.45, 2.75) is 44.8 Å². The molecular formula is C15H19F3N2O. The first kappa shape index (κ1) is 15.8. The second-order valence-corrected chi connectivity index (χ2v) is 5.27. The summed E-state index contributed by atoms with van der Waals surface area (Å²) in [6.45, 7) is 2.14. The minimum atomic E-state index is -4.43. The van der Waals surface area contributed by atoms with Crippen LogP contribution in [0, 0.1) is 0 Å². The number of nitrogens with one attached hydrogen (secondary N) is 1. The van der Waals surface area contributed by atoms with Crippen molar-refractivity contribution in [2.24, 2.45) is 0 Å². The van der Waals surface area contributed by atoms with Gasteiger partial charge in [0.2, 0.25) is 5.91 Å². The van der Waals surface area contributed by atoms with Gasteiger partial charge in [0.25, 0.3) is 0 Å². The summed E-state index contributed by atoms with van der Waals surface area (Å²) in [6, 6.07) is 4.70. The van der Waals surface area contributed by atoms with E-state index in [1.807, 2.05) is 0 Å². The number of unbranched alkanes of at least 4 members (excludes halogenated alkanes) is 1. The zero-order valence-electron chi connectivity index (χ0n) is 11.9. The molecule has 1 aromatic rings. The number of aryl methyl sites for hydroxylation is 1. The van der Waals surface area contributed by atoms with Crippen molar-refractivity contribution < 1.29 is 18.0 Å². The Balaban J connectivity index is 2.19. The Kier molecular flexibility index (Phi) is 4.88. The van der Waals surface area contributed by atoms with Gasteiger partial charge in [-0.25, -0.2) is 5.01 Å². The Morgan fingerprint density at radius 1 is 1.29 bits per heavy atom. The minimum Gasteiger partial charge on any atom is -0.288 e. The number of alkyl halides is 3. The molecular weight excluding hydrogens is 281 g/mol. The fourth-order valence-corrected chi connectivity index (χ4v) is 2.48. The standard InChI is InChI=1S/C15H19F3N2O/c1-2-3-4-11-5-7-12(8-6-11)14(15(16,17)18)20-10-9-13(21)19-20/h5-8,14H,2-4,9-10H2,1H3,(H,19,21)/t14-/m0/s1. The van der Waals surface area contributed by atoms with Gasteiger partial charge < -0.3 is 0 Å². The lowest BCUT2D eigenvalue weighted by atomic mass is 10.0. The van der Waals surface area contributed by atoms with Crippen LogP contribution >= 0.6 is 0 Å². The van der Waals surface area contributed by atoms with Crippen molar-refractivity contribution in [3.05, 3.63) is 35.4 Å². The summed E-state index contributed by atoms with van der Waals surface area (Å²) >= 11 is 0. The minimum absolute atomic E-state index is 0.0700. The number of carbonyl (C=O) groups excluding carboxylic acids is 1. The van der Waals surface area contributed by atoms with Crippen molar-refractivity contribution in [1.29, 1.82) is 0 Å². The van der Waals surface area contributed by atoms with Crippen LogP contribution in [0.5, 0.6) is 0 Å². The van der Waals surface area contributed by atoms with E-state index in [1.165, 1.54) is 12.1 Å². The second-order valence-electron chi connectivity index (χ2n) is 5.27. The quantitative estimate of drug-likeness (QED) is 0.904. The van der Waals surface area contributed by atoms with Crippen LogP contribution in [-0.4, -0.2) is 23.6 Å². The Morgan fingerprint density at radius 2 is 1.95 bits per heavy atom. The summed E-state index contributed by atoms with van der Waals surface area (Å²) in [5, 5.41) is 0.976. The molecule has 1 aliphatic heterocycles. The Hall–Kier alpha value is -1.56. The van der Waals surface area contributed by atoms with Crippen LogP contribution in [0.3, 0.4) is 0 Å². The molecule has 116 valence electrons. The van der Waals surface area contributed by atoms with E-state index >= 15 is 0 Å². The fourth-order valence-electron chi connectivity index (χ4n) is 2.48. The van der Waals surface area contributed by atoms with Crippen LogP contribution < -0.4 is 5.43 Å². The van der Waals surface area contributed by atoms with Gasteiger partial charge in [-0.15, -0.1) is 0 Å². The lowest BCUT2D eigenvalue weighted by Gasteiger charge is -2.29. The van der Waals surface area contributed by atoms with E-state index in [9.17, 15) is 18.0 Å². The summed E-state index contributed by atoms with van der Waals surface area (Å²) in [5.41, 5.74) is 3.47. The van der Waals surface area contributed by atoms with Crippen LogP contribution in [0.25, 0.3) is 0 Å². The molecule has 3 nitrogen and oxygen atoms in total. The van der Waals surface area contributed by atoms with Crippen molar-refractivity contribution in [3.63, 3.8) is 0 Å². The van der Waals surface area contributed by atoms with Crippen LogP contribution in [-0.2, 0) is 11.2 Å². The van der Waals surface area contributed by atoms with Gasteiger partial charge in [-0.3, -0.25) is 10.2 Å². The van der Waals surface area contributed by atoms with Gasteiger partial charge in [-0.2, -0.15) is 13.2 Å². The maximum Gasteiger partial charge on any atom is 0.409 e. The van der Waals surface area contributed by atoms with Crippen molar-refractivity contribution >= 4 is 5.91 Å². The van der Waals surface area contributed by atoms with Crippen molar-refractivity contribution in [1.82, 2.24) is 10.4 Å². The molecule has 1 amide bonds. The number of rotatable bonds is 5. The maximum atomic E-state index is 13.3. The smallest absolute Gasteiger partial charge is 0.288 e. The fraction of sp³-hybridized carbons (Fsp3) is 0.533. The van der Waals surface area contributed by atoms with Gasteiger partial charge in [0.15, 0.2) is 0 Å². The molecule has 1 aliphatic rings. The monoisotopic (exact) mass is 300 g/mol. The van der Waals surface area contributed by atoms with Crippen LogP contribution in [0.15, 0.2) is 24.3 Å². The first-order valence-electron chi connectivity index (χ1n) is 7.13. The predicted octanol–water partition coefficient (Wildman–Crippen LogP) is 3.37. The van der Waals surface area contributed by atoms with Crippen molar-refractivity contribution in [3.8, 4) is 0 Å². The average molecular weight is 300 g/mol. The molecule has 2 rings (SSSR count).